The monoisotopic (exact) mass is 221 g/mol. The number of nitriles is 1. The number of allylic oxidation sites excluding steroid dienone is 2. The van der Waals surface area contributed by atoms with Crippen molar-refractivity contribution in [3.8, 4) is 6.07 Å². The number of nitrogens with zero attached hydrogens (tertiary/aromatic N) is 1. The summed E-state index contributed by atoms with van der Waals surface area (Å²) >= 11 is 0. The number of hydrogen-bond donors (Lipinski definition) is 0. The van der Waals surface area contributed by atoms with Crippen LogP contribution in [0.15, 0.2) is 11.6 Å². The van der Waals surface area contributed by atoms with E-state index in [2.05, 4.69) is 6.07 Å². The van der Waals surface area contributed by atoms with Gasteiger partial charge in [-0.15, -0.1) is 0 Å². The van der Waals surface area contributed by atoms with Crippen LogP contribution in [0.2, 0.25) is 0 Å². The van der Waals surface area contributed by atoms with Crippen LogP contribution in [0.5, 0.6) is 0 Å². The van der Waals surface area contributed by atoms with Crippen molar-refractivity contribution < 1.29 is 9.53 Å². The number of esters is 1. The number of carbonyl (C=O) groups is 1. The zero-order valence-corrected chi connectivity index (χ0v) is 10.6. The molecule has 1 saturated carbocycles. The minimum Gasteiger partial charge on any atom is -0.460 e. The first kappa shape index (κ1) is 12.8. The predicted molar refractivity (Wildman–Crippen MR) is 61.4 cm³/mol. The second-order valence-corrected chi connectivity index (χ2v) is 5.66. The third-order valence-corrected chi connectivity index (χ3v) is 2.45. The molecule has 0 aromatic rings. The molecule has 88 valence electrons. The van der Waals surface area contributed by atoms with Gasteiger partial charge in [-0.3, -0.25) is 4.79 Å². The Balaban J connectivity index is 2.72. The molecule has 3 heteroatoms. The van der Waals surface area contributed by atoms with Gasteiger partial charge in [0.25, 0.3) is 0 Å². The molecule has 1 aliphatic carbocycles. The second kappa shape index (κ2) is 3.93. The first-order chi connectivity index (χ1) is 7.20. The molecular formula is C13H19NO2. The van der Waals surface area contributed by atoms with E-state index in [-0.39, 0.29) is 11.9 Å². The van der Waals surface area contributed by atoms with Gasteiger partial charge in [0.2, 0.25) is 0 Å². The fourth-order valence-electron chi connectivity index (χ4n) is 1.78. The summed E-state index contributed by atoms with van der Waals surface area (Å²) < 4.78 is 5.28. The lowest BCUT2D eigenvalue weighted by Crippen LogP contribution is -2.26. The van der Waals surface area contributed by atoms with Gasteiger partial charge in [0, 0.05) is 0 Å². The Labute approximate surface area is 97.1 Å². The van der Waals surface area contributed by atoms with E-state index in [1.54, 1.807) is 0 Å². The first-order valence-electron chi connectivity index (χ1n) is 5.50. The van der Waals surface area contributed by atoms with E-state index in [9.17, 15) is 4.79 Å². The standard InChI is InChI=1S/C13H19NO2/c1-9(2)6-13(8-14)7-10(13)11(15)16-12(3,4)5/h6,10H,7H2,1-5H3/t10-,13+/m1/s1. The average molecular weight is 221 g/mol. The van der Waals surface area contributed by atoms with Crippen LogP contribution in [0.1, 0.15) is 41.0 Å². The molecule has 0 bridgehead atoms. The first-order valence-corrected chi connectivity index (χ1v) is 5.50. The maximum atomic E-state index is 11.8. The van der Waals surface area contributed by atoms with E-state index in [4.69, 9.17) is 10.00 Å². The van der Waals surface area contributed by atoms with Crippen molar-refractivity contribution in [2.24, 2.45) is 11.3 Å². The molecule has 0 aliphatic heterocycles. The summed E-state index contributed by atoms with van der Waals surface area (Å²) in [4.78, 5) is 11.8. The molecule has 0 radical (unpaired) electrons. The molecule has 0 amide bonds. The summed E-state index contributed by atoms with van der Waals surface area (Å²) in [5.41, 5.74) is -0.0277. The van der Waals surface area contributed by atoms with Crippen molar-refractivity contribution in [1.82, 2.24) is 0 Å². The highest BCUT2D eigenvalue weighted by Gasteiger charge is 2.59. The highest BCUT2D eigenvalue weighted by molar-refractivity contribution is 5.79. The highest BCUT2D eigenvalue weighted by atomic mass is 16.6. The average Bonchev–Trinajstić information content (AvgIpc) is 2.76. The van der Waals surface area contributed by atoms with Gasteiger partial charge in [0.05, 0.1) is 17.4 Å². The molecule has 2 atom stereocenters. The van der Waals surface area contributed by atoms with Gasteiger partial charge >= 0.3 is 5.97 Å². The van der Waals surface area contributed by atoms with Gasteiger partial charge in [0.1, 0.15) is 5.60 Å². The number of rotatable bonds is 2. The Morgan fingerprint density at radius 2 is 2.06 bits per heavy atom. The van der Waals surface area contributed by atoms with Crippen LogP contribution in [0.25, 0.3) is 0 Å². The highest BCUT2D eigenvalue weighted by Crippen LogP contribution is 2.54. The molecule has 1 rings (SSSR count). The molecule has 1 aliphatic rings. The topological polar surface area (TPSA) is 50.1 Å². The van der Waals surface area contributed by atoms with E-state index < -0.39 is 11.0 Å². The minimum absolute atomic E-state index is 0.258. The summed E-state index contributed by atoms with van der Waals surface area (Å²) in [6.45, 7) is 9.37. The van der Waals surface area contributed by atoms with Crippen molar-refractivity contribution in [3.63, 3.8) is 0 Å². The summed E-state index contributed by atoms with van der Waals surface area (Å²) in [6.07, 6.45) is 2.46. The van der Waals surface area contributed by atoms with E-state index in [1.807, 2.05) is 40.7 Å². The molecule has 0 unspecified atom stereocenters. The van der Waals surface area contributed by atoms with Gasteiger partial charge in [0.15, 0.2) is 0 Å². The fraction of sp³-hybridized carbons (Fsp3) is 0.692. The maximum Gasteiger partial charge on any atom is 0.311 e. The quantitative estimate of drug-likeness (QED) is 0.532. The van der Waals surface area contributed by atoms with Crippen molar-refractivity contribution in [2.45, 2.75) is 46.6 Å². The van der Waals surface area contributed by atoms with Crippen molar-refractivity contribution in [2.75, 3.05) is 0 Å². The molecule has 0 spiro atoms. The molecule has 0 N–H and O–H groups in total. The van der Waals surface area contributed by atoms with Gasteiger partial charge in [-0.05, 0) is 41.0 Å². The summed E-state index contributed by atoms with van der Waals surface area (Å²) in [5, 5.41) is 9.12. The molecular weight excluding hydrogens is 202 g/mol. The molecule has 0 aromatic carbocycles. The number of hydrogen-bond acceptors (Lipinski definition) is 3. The second-order valence-electron chi connectivity index (χ2n) is 5.66. The zero-order valence-electron chi connectivity index (χ0n) is 10.6. The fourth-order valence-corrected chi connectivity index (χ4v) is 1.78. The van der Waals surface area contributed by atoms with Crippen LogP contribution in [0.4, 0.5) is 0 Å². The van der Waals surface area contributed by atoms with E-state index in [1.165, 1.54) is 0 Å². The summed E-state index contributed by atoms with van der Waals surface area (Å²) in [6, 6.07) is 2.22. The van der Waals surface area contributed by atoms with E-state index >= 15 is 0 Å². The minimum atomic E-state index is -0.610. The van der Waals surface area contributed by atoms with Gasteiger partial charge in [-0.25, -0.2) is 0 Å². The van der Waals surface area contributed by atoms with Crippen LogP contribution in [-0.4, -0.2) is 11.6 Å². The van der Waals surface area contributed by atoms with Crippen molar-refractivity contribution in [3.05, 3.63) is 11.6 Å². The third kappa shape index (κ3) is 2.85. The zero-order chi connectivity index (χ0) is 12.6. The SMILES string of the molecule is CC(C)=C[C@@]1(C#N)C[C@@H]1C(=O)OC(C)(C)C. The van der Waals surface area contributed by atoms with Crippen LogP contribution < -0.4 is 0 Å². The van der Waals surface area contributed by atoms with Crippen LogP contribution in [0, 0.1) is 22.7 Å². The lowest BCUT2D eigenvalue weighted by molar-refractivity contribution is -0.157. The van der Waals surface area contributed by atoms with Crippen LogP contribution in [0.3, 0.4) is 0 Å². The van der Waals surface area contributed by atoms with Gasteiger partial charge < -0.3 is 4.74 Å². The largest absolute Gasteiger partial charge is 0.460 e. The predicted octanol–water partition coefficient (Wildman–Crippen LogP) is 2.82. The smallest absolute Gasteiger partial charge is 0.311 e. The van der Waals surface area contributed by atoms with Crippen molar-refractivity contribution >= 4 is 5.97 Å². The Kier molecular flexibility index (Phi) is 3.14. The van der Waals surface area contributed by atoms with E-state index in [0.29, 0.717) is 6.42 Å². The van der Waals surface area contributed by atoms with Crippen LogP contribution >= 0.6 is 0 Å². The van der Waals surface area contributed by atoms with Gasteiger partial charge in [-0.2, -0.15) is 5.26 Å². The maximum absolute atomic E-state index is 11.8. The molecule has 0 heterocycles. The Hall–Kier alpha value is -1.30. The molecule has 16 heavy (non-hydrogen) atoms. The summed E-state index contributed by atoms with van der Waals surface area (Å²) in [7, 11) is 0. The lowest BCUT2D eigenvalue weighted by atomic mass is 10.0. The molecule has 3 nitrogen and oxygen atoms in total. The lowest BCUT2D eigenvalue weighted by Gasteiger charge is -2.19. The molecule has 0 saturated heterocycles. The Morgan fingerprint density at radius 3 is 2.44 bits per heavy atom. The Morgan fingerprint density at radius 1 is 1.50 bits per heavy atom. The normalized spacial score (nSPS) is 27.9. The molecule has 1 fully saturated rings. The number of carbonyl (C=O) groups excluding carboxylic acids is 1. The van der Waals surface area contributed by atoms with Crippen LogP contribution in [-0.2, 0) is 9.53 Å². The number of ether oxygens (including phenoxy) is 1. The van der Waals surface area contributed by atoms with Gasteiger partial charge in [-0.1, -0.05) is 11.6 Å². The Bertz CT molecular complexity index is 366. The van der Waals surface area contributed by atoms with Crippen molar-refractivity contribution in [1.29, 1.82) is 5.26 Å². The molecule has 0 aromatic heterocycles. The summed E-state index contributed by atoms with van der Waals surface area (Å²) in [5.74, 6) is -0.543. The third-order valence-electron chi connectivity index (χ3n) is 2.45. The van der Waals surface area contributed by atoms with E-state index in [0.717, 1.165) is 5.57 Å².